The molecule has 1 aromatic heterocycles. The molecule has 1 N–H and O–H groups in total. The fraction of sp³-hybridized carbons (Fsp3) is 0.0588. The maximum atomic E-state index is 10.5. The molecule has 0 fully saturated rings. The molecule has 2 aromatic carbocycles. The van der Waals surface area contributed by atoms with Crippen molar-refractivity contribution in [2.24, 2.45) is 4.99 Å². The summed E-state index contributed by atoms with van der Waals surface area (Å²) in [7, 11) is 0. The SMILES string of the molecule is Oc1c(/C(Cl)=N/Cc2ccc(Cl)cc2)cnc2ccc(I)cc12. The van der Waals surface area contributed by atoms with Crippen molar-refractivity contribution in [3.63, 3.8) is 0 Å². The van der Waals surface area contributed by atoms with Crippen LogP contribution >= 0.6 is 45.8 Å². The van der Waals surface area contributed by atoms with Gasteiger partial charge in [0.15, 0.2) is 0 Å². The molecule has 23 heavy (non-hydrogen) atoms. The summed E-state index contributed by atoms with van der Waals surface area (Å²) in [6.45, 7) is 0.403. The zero-order valence-electron chi connectivity index (χ0n) is 11.8. The van der Waals surface area contributed by atoms with Gasteiger partial charge in [-0.05, 0) is 58.5 Å². The van der Waals surface area contributed by atoms with Crippen molar-refractivity contribution in [2.75, 3.05) is 0 Å². The molecule has 0 amide bonds. The number of halogens is 3. The molecule has 3 aromatic rings. The predicted molar refractivity (Wildman–Crippen MR) is 104 cm³/mol. The minimum absolute atomic E-state index is 0.0957. The van der Waals surface area contributed by atoms with Gasteiger partial charge >= 0.3 is 0 Å². The first-order chi connectivity index (χ1) is 11.0. The molecule has 1 heterocycles. The largest absolute Gasteiger partial charge is 0.506 e. The Kier molecular flexibility index (Phi) is 5.04. The van der Waals surface area contributed by atoms with Crippen LogP contribution in [0.5, 0.6) is 5.75 Å². The summed E-state index contributed by atoms with van der Waals surface area (Å²) in [5.41, 5.74) is 2.12. The third-order valence-electron chi connectivity index (χ3n) is 3.34. The van der Waals surface area contributed by atoms with E-state index in [4.69, 9.17) is 23.2 Å². The maximum absolute atomic E-state index is 10.5. The van der Waals surface area contributed by atoms with Gasteiger partial charge in [-0.15, -0.1) is 0 Å². The summed E-state index contributed by atoms with van der Waals surface area (Å²) in [5.74, 6) is 0.0957. The Hall–Kier alpha value is -1.37. The number of rotatable bonds is 3. The summed E-state index contributed by atoms with van der Waals surface area (Å²) in [6, 6.07) is 13.0. The molecule has 0 saturated carbocycles. The van der Waals surface area contributed by atoms with Crippen LogP contribution in [0.1, 0.15) is 11.1 Å². The summed E-state index contributed by atoms with van der Waals surface area (Å²) >= 11 is 14.3. The van der Waals surface area contributed by atoms with E-state index in [1.165, 1.54) is 6.20 Å². The highest BCUT2D eigenvalue weighted by Gasteiger charge is 2.12. The van der Waals surface area contributed by atoms with Gasteiger partial charge in [0.1, 0.15) is 10.9 Å². The normalized spacial score (nSPS) is 11.9. The van der Waals surface area contributed by atoms with Crippen LogP contribution in [0.25, 0.3) is 10.9 Å². The van der Waals surface area contributed by atoms with Crippen molar-refractivity contribution in [1.82, 2.24) is 4.98 Å². The Morgan fingerprint density at radius 1 is 1.17 bits per heavy atom. The maximum Gasteiger partial charge on any atom is 0.136 e. The first-order valence-corrected chi connectivity index (χ1v) is 8.60. The van der Waals surface area contributed by atoms with Crippen LogP contribution in [-0.2, 0) is 6.54 Å². The molecule has 0 aliphatic rings. The van der Waals surface area contributed by atoms with Crippen LogP contribution in [0.15, 0.2) is 53.7 Å². The highest BCUT2D eigenvalue weighted by Crippen LogP contribution is 2.29. The van der Waals surface area contributed by atoms with Crippen molar-refractivity contribution in [3.05, 3.63) is 68.4 Å². The fourth-order valence-electron chi connectivity index (χ4n) is 2.14. The van der Waals surface area contributed by atoms with Crippen molar-refractivity contribution in [3.8, 4) is 5.75 Å². The van der Waals surface area contributed by atoms with Gasteiger partial charge in [0.2, 0.25) is 0 Å². The molecule has 0 unspecified atom stereocenters. The monoisotopic (exact) mass is 456 g/mol. The van der Waals surface area contributed by atoms with Crippen LogP contribution in [0.3, 0.4) is 0 Å². The Morgan fingerprint density at radius 2 is 1.91 bits per heavy atom. The lowest BCUT2D eigenvalue weighted by Gasteiger charge is -2.07. The van der Waals surface area contributed by atoms with E-state index in [-0.39, 0.29) is 10.9 Å². The van der Waals surface area contributed by atoms with Gasteiger partial charge in [-0.25, -0.2) is 0 Å². The van der Waals surface area contributed by atoms with Crippen LogP contribution < -0.4 is 0 Å². The quantitative estimate of drug-likeness (QED) is 0.424. The summed E-state index contributed by atoms with van der Waals surface area (Å²) < 4.78 is 1.01. The van der Waals surface area contributed by atoms with Crippen LogP contribution in [0.4, 0.5) is 0 Å². The van der Waals surface area contributed by atoms with Crippen LogP contribution in [0, 0.1) is 3.57 Å². The molecule has 3 nitrogen and oxygen atoms in total. The predicted octanol–water partition coefficient (Wildman–Crippen LogP) is 5.38. The standard InChI is InChI=1S/C17H11Cl2IN2O/c18-11-3-1-10(2-4-11)8-22-17(19)14-9-21-15-6-5-12(20)7-13(15)16(14)23/h1-7,9H,8H2,(H,21,23)/b22-17-. The van der Waals surface area contributed by atoms with E-state index in [0.717, 1.165) is 9.13 Å². The molecule has 116 valence electrons. The van der Waals surface area contributed by atoms with E-state index >= 15 is 0 Å². The van der Waals surface area contributed by atoms with Crippen molar-refractivity contribution in [1.29, 1.82) is 0 Å². The number of benzene rings is 2. The highest BCUT2D eigenvalue weighted by atomic mass is 127. The van der Waals surface area contributed by atoms with Crippen molar-refractivity contribution >= 4 is 61.9 Å². The van der Waals surface area contributed by atoms with Crippen molar-refractivity contribution < 1.29 is 5.11 Å². The summed E-state index contributed by atoms with van der Waals surface area (Å²) in [6.07, 6.45) is 1.54. The van der Waals surface area contributed by atoms with Gasteiger partial charge in [-0.2, -0.15) is 0 Å². The number of hydrogen-bond acceptors (Lipinski definition) is 3. The zero-order chi connectivity index (χ0) is 16.4. The molecular weight excluding hydrogens is 446 g/mol. The van der Waals surface area contributed by atoms with Gasteiger partial charge in [-0.1, -0.05) is 35.3 Å². The van der Waals surface area contributed by atoms with E-state index in [0.29, 0.717) is 28.0 Å². The lowest BCUT2D eigenvalue weighted by Crippen LogP contribution is -1.96. The van der Waals surface area contributed by atoms with Crippen LogP contribution in [0.2, 0.25) is 5.02 Å². The number of hydrogen-bond donors (Lipinski definition) is 1. The smallest absolute Gasteiger partial charge is 0.136 e. The van der Waals surface area contributed by atoms with E-state index in [2.05, 4.69) is 32.6 Å². The first-order valence-electron chi connectivity index (χ1n) is 6.76. The number of aliphatic imine (C=N–C) groups is 1. The van der Waals surface area contributed by atoms with Crippen LogP contribution in [-0.4, -0.2) is 15.3 Å². The highest BCUT2D eigenvalue weighted by molar-refractivity contribution is 14.1. The second-order valence-corrected chi connectivity index (χ2v) is 6.96. The minimum Gasteiger partial charge on any atom is -0.506 e. The second-order valence-electron chi connectivity index (χ2n) is 4.92. The molecule has 0 saturated heterocycles. The van der Waals surface area contributed by atoms with E-state index < -0.39 is 0 Å². The molecule has 0 radical (unpaired) electrons. The van der Waals surface area contributed by atoms with Crippen molar-refractivity contribution in [2.45, 2.75) is 6.54 Å². The third kappa shape index (κ3) is 3.76. The summed E-state index contributed by atoms with van der Waals surface area (Å²) in [4.78, 5) is 8.65. The molecule has 0 spiro atoms. The Balaban J connectivity index is 1.93. The van der Waals surface area contributed by atoms with Gasteiger partial charge in [0, 0.05) is 20.2 Å². The fourth-order valence-corrected chi connectivity index (χ4v) is 2.95. The lowest BCUT2D eigenvalue weighted by molar-refractivity contribution is 0.480. The van der Waals surface area contributed by atoms with Gasteiger partial charge in [0.25, 0.3) is 0 Å². The average molecular weight is 457 g/mol. The van der Waals surface area contributed by atoms with E-state index in [1.807, 2.05) is 30.3 Å². The Morgan fingerprint density at radius 3 is 2.65 bits per heavy atom. The minimum atomic E-state index is 0.0957. The number of fused-ring (bicyclic) bond motifs is 1. The molecular formula is C17H11Cl2IN2O. The lowest BCUT2D eigenvalue weighted by atomic mass is 10.1. The molecule has 0 aliphatic heterocycles. The summed E-state index contributed by atoms with van der Waals surface area (Å²) in [5, 5.41) is 12.0. The first kappa shape index (κ1) is 16.5. The van der Waals surface area contributed by atoms with E-state index in [1.54, 1.807) is 12.1 Å². The van der Waals surface area contributed by atoms with Gasteiger partial charge in [-0.3, -0.25) is 9.98 Å². The molecule has 3 rings (SSSR count). The molecule has 0 atom stereocenters. The molecule has 0 aliphatic carbocycles. The third-order valence-corrected chi connectivity index (χ3v) is 4.58. The van der Waals surface area contributed by atoms with Gasteiger partial charge in [0.05, 0.1) is 17.6 Å². The topological polar surface area (TPSA) is 45.5 Å². The number of aromatic nitrogens is 1. The second kappa shape index (κ2) is 7.03. The van der Waals surface area contributed by atoms with E-state index in [9.17, 15) is 5.11 Å². The van der Waals surface area contributed by atoms with Gasteiger partial charge < -0.3 is 5.11 Å². The number of aromatic hydroxyl groups is 1. The number of pyridine rings is 1. The average Bonchev–Trinajstić information content (AvgIpc) is 2.55. The molecule has 0 bridgehead atoms. The Labute approximate surface area is 157 Å². The molecule has 6 heteroatoms. The number of nitrogens with zero attached hydrogens (tertiary/aromatic N) is 2. The zero-order valence-corrected chi connectivity index (χ0v) is 15.5. The Bertz CT molecular complexity index is 895.